The molecule has 2 nitrogen and oxygen atoms in total. The molecule has 0 N–H and O–H groups in total. The van der Waals surface area contributed by atoms with Crippen LogP contribution in [0.25, 0.3) is 0 Å². The van der Waals surface area contributed by atoms with Gasteiger partial charge < -0.3 is 4.90 Å². The Morgan fingerprint density at radius 3 is 2.36 bits per heavy atom. The molecule has 78 valence electrons. The highest BCUT2D eigenvalue weighted by Crippen LogP contribution is 2.10. The molecule has 0 spiro atoms. The second-order valence-electron chi connectivity index (χ2n) is 3.95. The lowest BCUT2D eigenvalue weighted by atomic mass is 10.1. The molecule has 1 heterocycles. The van der Waals surface area contributed by atoms with Crippen molar-refractivity contribution < 1.29 is 0 Å². The smallest absolute Gasteiger partial charge is 0.127 e. The third-order valence-corrected chi connectivity index (χ3v) is 2.32. The van der Waals surface area contributed by atoms with E-state index in [1.54, 1.807) is 0 Å². The van der Waals surface area contributed by atoms with Crippen LogP contribution >= 0.6 is 0 Å². The van der Waals surface area contributed by atoms with Crippen molar-refractivity contribution in [1.82, 2.24) is 4.90 Å². The van der Waals surface area contributed by atoms with Crippen LogP contribution in [-0.2, 0) is 0 Å². The van der Waals surface area contributed by atoms with Crippen molar-refractivity contribution in [2.75, 3.05) is 13.1 Å². The molecule has 1 fully saturated rings. The van der Waals surface area contributed by atoms with E-state index < -0.39 is 0 Å². The molecule has 0 aromatic rings. The molecular formula is C12H20N2. The second-order valence-corrected chi connectivity index (χ2v) is 3.95. The van der Waals surface area contributed by atoms with Crippen LogP contribution in [0.15, 0.2) is 29.4 Å². The number of hydrogen-bond acceptors (Lipinski definition) is 1. The minimum absolute atomic E-state index is 1.02. The maximum absolute atomic E-state index is 4.43. The molecule has 0 saturated carbocycles. The molecule has 0 amide bonds. The molecule has 0 aromatic heterocycles. The van der Waals surface area contributed by atoms with Crippen LogP contribution in [0.5, 0.6) is 0 Å². The predicted molar refractivity (Wildman–Crippen MR) is 62.5 cm³/mol. The van der Waals surface area contributed by atoms with Gasteiger partial charge in [-0.2, -0.15) is 0 Å². The van der Waals surface area contributed by atoms with Crippen LogP contribution in [0.3, 0.4) is 0 Å². The molecule has 1 aliphatic rings. The molecule has 1 rings (SSSR count). The minimum Gasteiger partial charge on any atom is -0.357 e. The summed E-state index contributed by atoms with van der Waals surface area (Å²) >= 11 is 0. The van der Waals surface area contributed by atoms with Gasteiger partial charge in [0.1, 0.15) is 5.84 Å². The first-order valence-electron chi connectivity index (χ1n) is 5.32. The van der Waals surface area contributed by atoms with Crippen LogP contribution in [-0.4, -0.2) is 23.8 Å². The number of amidine groups is 1. The van der Waals surface area contributed by atoms with E-state index >= 15 is 0 Å². The lowest BCUT2D eigenvalue weighted by Gasteiger charge is -2.28. The molecule has 1 aliphatic heterocycles. The van der Waals surface area contributed by atoms with E-state index in [0.29, 0.717) is 0 Å². The van der Waals surface area contributed by atoms with Gasteiger partial charge in [0.2, 0.25) is 0 Å². The van der Waals surface area contributed by atoms with Gasteiger partial charge in [-0.25, -0.2) is 4.99 Å². The van der Waals surface area contributed by atoms with E-state index in [0.717, 1.165) is 18.9 Å². The zero-order chi connectivity index (χ0) is 10.4. The van der Waals surface area contributed by atoms with Crippen molar-refractivity contribution in [1.29, 1.82) is 0 Å². The van der Waals surface area contributed by atoms with Gasteiger partial charge in [0, 0.05) is 19.3 Å². The van der Waals surface area contributed by atoms with Gasteiger partial charge in [-0.1, -0.05) is 12.2 Å². The van der Waals surface area contributed by atoms with E-state index in [9.17, 15) is 0 Å². The van der Waals surface area contributed by atoms with Crippen molar-refractivity contribution in [3.63, 3.8) is 0 Å². The SMILES string of the molecule is C=C/C(=N\C=C(C)C)N1CCCCC1. The molecule has 0 unspecified atom stereocenters. The van der Waals surface area contributed by atoms with E-state index in [-0.39, 0.29) is 0 Å². The Balaban J connectivity index is 2.64. The maximum Gasteiger partial charge on any atom is 0.127 e. The average Bonchev–Trinajstić information content (AvgIpc) is 2.20. The van der Waals surface area contributed by atoms with Crippen LogP contribution in [0.2, 0.25) is 0 Å². The summed E-state index contributed by atoms with van der Waals surface area (Å²) in [5, 5.41) is 0. The summed E-state index contributed by atoms with van der Waals surface area (Å²) in [6.07, 6.45) is 7.67. The van der Waals surface area contributed by atoms with E-state index in [2.05, 4.69) is 30.3 Å². The van der Waals surface area contributed by atoms with Crippen molar-refractivity contribution in [3.8, 4) is 0 Å². The lowest BCUT2D eigenvalue weighted by molar-refractivity contribution is 0.344. The number of hydrogen-bond donors (Lipinski definition) is 0. The highest BCUT2D eigenvalue weighted by atomic mass is 15.2. The molecular weight excluding hydrogens is 172 g/mol. The van der Waals surface area contributed by atoms with Gasteiger partial charge in [-0.3, -0.25) is 0 Å². The van der Waals surface area contributed by atoms with Crippen LogP contribution < -0.4 is 0 Å². The molecule has 1 saturated heterocycles. The van der Waals surface area contributed by atoms with Gasteiger partial charge in [0.25, 0.3) is 0 Å². The summed E-state index contributed by atoms with van der Waals surface area (Å²) in [7, 11) is 0. The number of aliphatic imine (C=N–C) groups is 1. The molecule has 0 aromatic carbocycles. The molecule has 0 aliphatic carbocycles. The number of nitrogens with zero attached hydrogens (tertiary/aromatic N) is 2. The number of likely N-dealkylation sites (tertiary alicyclic amines) is 1. The summed E-state index contributed by atoms with van der Waals surface area (Å²) in [5.41, 5.74) is 1.22. The Bertz CT molecular complexity index is 241. The van der Waals surface area contributed by atoms with Gasteiger partial charge in [0.15, 0.2) is 0 Å². The van der Waals surface area contributed by atoms with Gasteiger partial charge in [-0.15, -0.1) is 0 Å². The van der Waals surface area contributed by atoms with Gasteiger partial charge in [-0.05, 0) is 39.2 Å². The van der Waals surface area contributed by atoms with E-state index in [4.69, 9.17) is 0 Å². The molecule has 14 heavy (non-hydrogen) atoms. The van der Waals surface area contributed by atoms with Crippen LogP contribution in [0, 0.1) is 0 Å². The fourth-order valence-corrected chi connectivity index (χ4v) is 1.58. The number of piperidine rings is 1. The molecule has 2 heteroatoms. The first kappa shape index (κ1) is 11.0. The summed E-state index contributed by atoms with van der Waals surface area (Å²) in [4.78, 5) is 6.74. The van der Waals surface area contributed by atoms with Crippen molar-refractivity contribution in [3.05, 3.63) is 24.4 Å². The Morgan fingerprint density at radius 2 is 1.86 bits per heavy atom. The highest BCUT2D eigenvalue weighted by Gasteiger charge is 2.11. The molecule has 0 atom stereocenters. The fraction of sp³-hybridized carbons (Fsp3) is 0.583. The highest BCUT2D eigenvalue weighted by molar-refractivity contribution is 5.92. The average molecular weight is 192 g/mol. The number of rotatable bonds is 2. The first-order valence-corrected chi connectivity index (χ1v) is 5.32. The largest absolute Gasteiger partial charge is 0.357 e. The van der Waals surface area contributed by atoms with Gasteiger partial charge in [0.05, 0.1) is 0 Å². The van der Waals surface area contributed by atoms with E-state index in [1.165, 1.54) is 24.8 Å². The summed E-state index contributed by atoms with van der Waals surface area (Å²) in [6, 6.07) is 0. The quantitative estimate of drug-likeness (QED) is 0.485. The zero-order valence-corrected chi connectivity index (χ0v) is 9.29. The third-order valence-electron chi connectivity index (χ3n) is 2.32. The topological polar surface area (TPSA) is 15.6 Å². The lowest BCUT2D eigenvalue weighted by Crippen LogP contribution is -2.34. The zero-order valence-electron chi connectivity index (χ0n) is 9.29. The summed E-state index contributed by atoms with van der Waals surface area (Å²) in [6.45, 7) is 10.2. The van der Waals surface area contributed by atoms with Crippen molar-refractivity contribution >= 4 is 5.84 Å². The molecule has 0 radical (unpaired) electrons. The minimum atomic E-state index is 1.02. The predicted octanol–water partition coefficient (Wildman–Crippen LogP) is 2.98. The van der Waals surface area contributed by atoms with Crippen LogP contribution in [0.4, 0.5) is 0 Å². The monoisotopic (exact) mass is 192 g/mol. The van der Waals surface area contributed by atoms with Crippen LogP contribution in [0.1, 0.15) is 33.1 Å². The first-order chi connectivity index (χ1) is 6.74. The Kier molecular flexibility index (Phi) is 4.44. The summed E-state index contributed by atoms with van der Waals surface area (Å²) in [5.74, 6) is 1.02. The third kappa shape index (κ3) is 3.36. The Morgan fingerprint density at radius 1 is 1.21 bits per heavy atom. The Hall–Kier alpha value is -1.05. The molecule has 0 bridgehead atoms. The van der Waals surface area contributed by atoms with Gasteiger partial charge >= 0.3 is 0 Å². The van der Waals surface area contributed by atoms with Crippen molar-refractivity contribution in [2.45, 2.75) is 33.1 Å². The normalized spacial score (nSPS) is 17.9. The summed E-state index contributed by atoms with van der Waals surface area (Å²) < 4.78 is 0. The second kappa shape index (κ2) is 5.63. The Labute approximate surface area is 87.0 Å². The van der Waals surface area contributed by atoms with Crippen molar-refractivity contribution in [2.24, 2.45) is 4.99 Å². The van der Waals surface area contributed by atoms with E-state index in [1.807, 2.05) is 12.3 Å². The fourth-order valence-electron chi connectivity index (χ4n) is 1.58. The maximum atomic E-state index is 4.43. The standard InChI is InChI=1S/C12H20N2/c1-4-12(13-10-11(2)3)14-8-6-5-7-9-14/h4,10H,1,5-9H2,2-3H3/b13-12+. The number of allylic oxidation sites excluding steroid dienone is 1.